The minimum Gasteiger partial charge on any atom is -0.493 e. The molecule has 1 aliphatic heterocycles. The van der Waals surface area contributed by atoms with Gasteiger partial charge < -0.3 is 24.6 Å². The monoisotopic (exact) mass is 349 g/mol. The second kappa shape index (κ2) is 7.62. The lowest BCUT2D eigenvalue weighted by Crippen LogP contribution is -2.40. The smallest absolute Gasteiger partial charge is 0.222 e. The van der Waals surface area contributed by atoms with Crippen LogP contribution < -0.4 is 14.8 Å². The van der Waals surface area contributed by atoms with E-state index in [0.29, 0.717) is 24.3 Å². The van der Waals surface area contributed by atoms with Crippen LogP contribution in [0.15, 0.2) is 12.1 Å². The first-order valence-corrected chi connectivity index (χ1v) is 8.92. The summed E-state index contributed by atoms with van der Waals surface area (Å²) in [6.07, 6.45) is 4.78. The number of methoxy groups -OCH3 is 2. The Morgan fingerprint density at radius 2 is 2.08 bits per heavy atom. The van der Waals surface area contributed by atoms with Gasteiger partial charge >= 0.3 is 0 Å². The van der Waals surface area contributed by atoms with Gasteiger partial charge in [-0.05, 0) is 55.4 Å². The highest BCUT2D eigenvalue weighted by atomic mass is 16.5. The number of carbonyl (C=O) groups is 1. The van der Waals surface area contributed by atoms with E-state index in [1.165, 1.54) is 0 Å². The Bertz CT molecular complexity index is 626. The topological polar surface area (TPSA) is 77.0 Å². The Labute approximate surface area is 148 Å². The van der Waals surface area contributed by atoms with Crippen LogP contribution in [0.25, 0.3) is 0 Å². The lowest BCUT2D eigenvalue weighted by Gasteiger charge is -2.26. The number of benzene rings is 1. The zero-order valence-corrected chi connectivity index (χ0v) is 15.0. The highest BCUT2D eigenvalue weighted by Gasteiger charge is 2.38. The highest BCUT2D eigenvalue weighted by Crippen LogP contribution is 2.42. The second-order valence-corrected chi connectivity index (χ2v) is 6.87. The van der Waals surface area contributed by atoms with Gasteiger partial charge in [0, 0.05) is 6.61 Å². The molecule has 1 saturated heterocycles. The molecule has 0 aromatic heterocycles. The van der Waals surface area contributed by atoms with Crippen molar-refractivity contribution in [1.29, 1.82) is 0 Å². The van der Waals surface area contributed by atoms with Crippen LogP contribution in [0.2, 0.25) is 0 Å². The molecule has 0 bridgehead atoms. The molecule has 2 N–H and O–H groups in total. The zero-order valence-electron chi connectivity index (χ0n) is 15.0. The summed E-state index contributed by atoms with van der Waals surface area (Å²) in [7, 11) is 3.17. The van der Waals surface area contributed by atoms with Gasteiger partial charge in [-0.1, -0.05) is 0 Å². The summed E-state index contributed by atoms with van der Waals surface area (Å²) in [5, 5.41) is 13.9. The first-order valence-electron chi connectivity index (χ1n) is 8.92. The molecule has 1 aromatic carbocycles. The van der Waals surface area contributed by atoms with Crippen molar-refractivity contribution in [3.63, 3.8) is 0 Å². The summed E-state index contributed by atoms with van der Waals surface area (Å²) in [6, 6.07) is 3.72. The Hall–Kier alpha value is -1.79. The predicted octanol–water partition coefficient (Wildman–Crippen LogP) is 1.91. The molecule has 2 atom stereocenters. The third-order valence-corrected chi connectivity index (χ3v) is 5.18. The van der Waals surface area contributed by atoms with E-state index in [4.69, 9.17) is 14.2 Å². The van der Waals surface area contributed by atoms with Gasteiger partial charge in [-0.25, -0.2) is 0 Å². The molecule has 6 heteroatoms. The maximum Gasteiger partial charge on any atom is 0.222 e. The lowest BCUT2D eigenvalue weighted by molar-refractivity contribution is -0.126. The summed E-state index contributed by atoms with van der Waals surface area (Å²) in [5.74, 6) is 1.17. The molecule has 6 nitrogen and oxygen atoms in total. The van der Waals surface area contributed by atoms with Crippen molar-refractivity contribution >= 4 is 5.91 Å². The van der Waals surface area contributed by atoms with Gasteiger partial charge in [0.05, 0.1) is 33.3 Å². The van der Waals surface area contributed by atoms with E-state index in [9.17, 15) is 9.90 Å². The number of rotatable bonds is 6. The van der Waals surface area contributed by atoms with Crippen molar-refractivity contribution in [2.75, 3.05) is 27.4 Å². The quantitative estimate of drug-likeness (QED) is 0.820. The standard InChI is InChI=1S/C19H27NO5/c1-23-16-9-13-6-7-19(22,15(13)11-17(16)24-2)12-20-18(21)10-14-5-3-4-8-25-14/h9,11,14,22H,3-8,10,12H2,1-2H3,(H,20,21). The van der Waals surface area contributed by atoms with Crippen LogP contribution in [-0.4, -0.2) is 44.5 Å². The lowest BCUT2D eigenvalue weighted by atomic mass is 9.95. The largest absolute Gasteiger partial charge is 0.493 e. The number of hydrogen-bond acceptors (Lipinski definition) is 5. The summed E-state index contributed by atoms with van der Waals surface area (Å²) in [4.78, 5) is 12.2. The molecule has 2 aliphatic rings. The van der Waals surface area contributed by atoms with E-state index in [1.807, 2.05) is 12.1 Å². The molecule has 1 aliphatic carbocycles. The summed E-state index contributed by atoms with van der Waals surface area (Å²) >= 11 is 0. The van der Waals surface area contributed by atoms with Crippen molar-refractivity contribution in [2.45, 2.75) is 50.2 Å². The van der Waals surface area contributed by atoms with Gasteiger partial charge in [-0.3, -0.25) is 4.79 Å². The van der Waals surface area contributed by atoms with E-state index >= 15 is 0 Å². The normalized spacial score (nSPS) is 25.3. The molecule has 25 heavy (non-hydrogen) atoms. The third-order valence-electron chi connectivity index (χ3n) is 5.18. The average Bonchev–Trinajstić information content (AvgIpc) is 2.96. The van der Waals surface area contributed by atoms with E-state index < -0.39 is 5.60 Å². The zero-order chi connectivity index (χ0) is 17.9. The fourth-order valence-corrected chi connectivity index (χ4v) is 3.71. The molecule has 0 radical (unpaired) electrons. The third kappa shape index (κ3) is 3.90. The second-order valence-electron chi connectivity index (χ2n) is 6.87. The van der Waals surface area contributed by atoms with Crippen molar-refractivity contribution in [3.05, 3.63) is 23.3 Å². The molecule has 1 fully saturated rings. The number of carbonyl (C=O) groups excluding carboxylic acids is 1. The molecule has 2 unspecified atom stereocenters. The molecule has 0 saturated carbocycles. The number of fused-ring (bicyclic) bond motifs is 1. The number of nitrogens with one attached hydrogen (secondary N) is 1. The van der Waals surface area contributed by atoms with Crippen LogP contribution in [0, 0.1) is 0 Å². The van der Waals surface area contributed by atoms with Crippen molar-refractivity contribution in [2.24, 2.45) is 0 Å². The molecule has 1 amide bonds. The van der Waals surface area contributed by atoms with Crippen LogP contribution in [0.3, 0.4) is 0 Å². The maximum absolute atomic E-state index is 12.2. The minimum absolute atomic E-state index is 0.00334. The molecule has 3 rings (SSSR count). The fourth-order valence-electron chi connectivity index (χ4n) is 3.71. The predicted molar refractivity (Wildman–Crippen MR) is 93.0 cm³/mol. The Morgan fingerprint density at radius 3 is 2.76 bits per heavy atom. The average molecular weight is 349 g/mol. The van der Waals surface area contributed by atoms with Crippen molar-refractivity contribution in [1.82, 2.24) is 5.32 Å². The number of amides is 1. The summed E-state index contributed by atoms with van der Waals surface area (Å²) < 4.78 is 16.3. The summed E-state index contributed by atoms with van der Waals surface area (Å²) in [6.45, 7) is 0.928. The molecule has 1 aromatic rings. The van der Waals surface area contributed by atoms with Crippen LogP contribution >= 0.6 is 0 Å². The number of aliphatic hydroxyl groups is 1. The highest BCUT2D eigenvalue weighted by molar-refractivity contribution is 5.76. The van der Waals surface area contributed by atoms with Gasteiger partial charge in [0.15, 0.2) is 11.5 Å². The molecule has 138 valence electrons. The van der Waals surface area contributed by atoms with Gasteiger partial charge in [0.2, 0.25) is 5.91 Å². The van der Waals surface area contributed by atoms with Crippen LogP contribution in [0.5, 0.6) is 11.5 Å². The van der Waals surface area contributed by atoms with Gasteiger partial charge in [0.1, 0.15) is 5.60 Å². The fraction of sp³-hybridized carbons (Fsp3) is 0.632. The SMILES string of the molecule is COc1cc2c(cc1OC)C(O)(CNC(=O)CC1CCCCO1)CC2. The number of hydrogen-bond donors (Lipinski definition) is 2. The van der Waals surface area contributed by atoms with Crippen LogP contribution in [0.4, 0.5) is 0 Å². The Kier molecular flexibility index (Phi) is 5.49. The Morgan fingerprint density at radius 1 is 1.32 bits per heavy atom. The van der Waals surface area contributed by atoms with Crippen LogP contribution in [0.1, 0.15) is 43.2 Å². The van der Waals surface area contributed by atoms with Crippen molar-refractivity contribution in [3.8, 4) is 11.5 Å². The number of aryl methyl sites for hydroxylation is 1. The Balaban J connectivity index is 1.64. The molecule has 0 spiro atoms. The molecular weight excluding hydrogens is 322 g/mol. The van der Waals surface area contributed by atoms with Gasteiger partial charge in [-0.2, -0.15) is 0 Å². The summed E-state index contributed by atoms with van der Waals surface area (Å²) in [5.41, 5.74) is 0.766. The molecule has 1 heterocycles. The van der Waals surface area contributed by atoms with E-state index in [0.717, 1.165) is 43.4 Å². The maximum atomic E-state index is 12.2. The van der Waals surface area contributed by atoms with E-state index in [1.54, 1.807) is 14.2 Å². The van der Waals surface area contributed by atoms with Gasteiger partial charge in [-0.15, -0.1) is 0 Å². The number of ether oxygens (including phenoxy) is 3. The van der Waals surface area contributed by atoms with E-state index in [2.05, 4.69) is 5.32 Å². The minimum atomic E-state index is -1.07. The first-order chi connectivity index (χ1) is 12.1. The van der Waals surface area contributed by atoms with Crippen molar-refractivity contribution < 1.29 is 24.1 Å². The van der Waals surface area contributed by atoms with E-state index in [-0.39, 0.29) is 18.6 Å². The molecular formula is C19H27NO5. The first kappa shape index (κ1) is 18.0. The van der Waals surface area contributed by atoms with Gasteiger partial charge in [0.25, 0.3) is 0 Å². The van der Waals surface area contributed by atoms with Crippen LogP contribution in [-0.2, 0) is 21.6 Å².